The third-order valence-electron chi connectivity index (χ3n) is 4.39. The molecule has 1 aromatic heterocycles. The van der Waals surface area contributed by atoms with E-state index in [4.69, 9.17) is 12.2 Å². The van der Waals surface area contributed by atoms with Crippen LogP contribution >= 0.6 is 12.2 Å². The molecule has 1 aliphatic heterocycles. The Morgan fingerprint density at radius 3 is 2.41 bits per heavy atom. The summed E-state index contributed by atoms with van der Waals surface area (Å²) < 4.78 is 1.90. The standard InChI is InChI=1S/C18H16N4O4S/c1-10-8-12(9-15-16(23)19-18(27)20(3)17(15)24)11(2)21(10)13-4-6-14(7-5-13)22(25)26/h4-9H,1-3H3,(H,19,23,27)/b15-9+. The van der Waals surface area contributed by atoms with Crippen molar-refractivity contribution in [3.05, 3.63) is 63.0 Å². The second-order valence-electron chi connectivity index (χ2n) is 6.12. The molecular formula is C18H16N4O4S. The molecule has 2 amide bonds. The molecule has 0 saturated carbocycles. The molecule has 0 unspecified atom stereocenters. The van der Waals surface area contributed by atoms with Gasteiger partial charge >= 0.3 is 0 Å². The number of rotatable bonds is 3. The lowest BCUT2D eigenvalue weighted by Gasteiger charge is -2.25. The summed E-state index contributed by atoms with van der Waals surface area (Å²) in [4.78, 5) is 36.1. The topological polar surface area (TPSA) is 97.5 Å². The average molecular weight is 384 g/mol. The molecule has 3 rings (SSSR count). The van der Waals surface area contributed by atoms with Gasteiger partial charge in [0, 0.05) is 36.3 Å². The number of aromatic nitrogens is 1. The lowest BCUT2D eigenvalue weighted by Crippen LogP contribution is -2.52. The summed E-state index contributed by atoms with van der Waals surface area (Å²) in [5.74, 6) is -1.01. The summed E-state index contributed by atoms with van der Waals surface area (Å²) in [7, 11) is 1.50. The van der Waals surface area contributed by atoms with Crippen LogP contribution in [0.4, 0.5) is 5.69 Å². The van der Waals surface area contributed by atoms with Crippen LogP contribution < -0.4 is 5.32 Å². The highest BCUT2D eigenvalue weighted by atomic mass is 32.1. The van der Waals surface area contributed by atoms with Gasteiger partial charge in [-0.3, -0.25) is 29.9 Å². The maximum atomic E-state index is 12.4. The zero-order valence-electron chi connectivity index (χ0n) is 14.8. The van der Waals surface area contributed by atoms with Crippen molar-refractivity contribution in [3.63, 3.8) is 0 Å². The Morgan fingerprint density at radius 1 is 1.19 bits per heavy atom. The zero-order valence-corrected chi connectivity index (χ0v) is 15.7. The quantitative estimate of drug-likeness (QED) is 0.288. The van der Waals surface area contributed by atoms with E-state index < -0.39 is 16.7 Å². The summed E-state index contributed by atoms with van der Waals surface area (Å²) in [6.45, 7) is 3.72. The highest BCUT2D eigenvalue weighted by molar-refractivity contribution is 7.80. The second kappa shape index (κ2) is 6.76. The van der Waals surface area contributed by atoms with E-state index in [1.165, 1.54) is 30.2 Å². The summed E-state index contributed by atoms with van der Waals surface area (Å²) >= 11 is 4.94. The van der Waals surface area contributed by atoms with Crippen molar-refractivity contribution in [2.75, 3.05) is 7.05 Å². The molecule has 2 heterocycles. The van der Waals surface area contributed by atoms with Gasteiger partial charge in [0.15, 0.2) is 5.11 Å². The van der Waals surface area contributed by atoms with Gasteiger partial charge in [-0.05, 0) is 55.9 Å². The van der Waals surface area contributed by atoms with Crippen LogP contribution in [0.5, 0.6) is 0 Å². The number of amides is 2. The van der Waals surface area contributed by atoms with Crippen LogP contribution in [0.1, 0.15) is 17.0 Å². The van der Waals surface area contributed by atoms with Gasteiger partial charge in [0.25, 0.3) is 17.5 Å². The number of carbonyl (C=O) groups is 2. The largest absolute Gasteiger partial charge is 0.318 e. The molecule has 1 saturated heterocycles. The van der Waals surface area contributed by atoms with E-state index in [-0.39, 0.29) is 16.4 Å². The first-order chi connectivity index (χ1) is 12.7. The zero-order chi connectivity index (χ0) is 19.9. The van der Waals surface area contributed by atoms with Gasteiger partial charge in [-0.15, -0.1) is 0 Å². The van der Waals surface area contributed by atoms with E-state index in [2.05, 4.69) is 5.32 Å². The number of aryl methyl sites for hydroxylation is 1. The lowest BCUT2D eigenvalue weighted by atomic mass is 10.1. The number of nitro benzene ring substituents is 1. The molecule has 2 aromatic rings. The van der Waals surface area contributed by atoms with Crippen molar-refractivity contribution in [3.8, 4) is 5.69 Å². The highest BCUT2D eigenvalue weighted by Crippen LogP contribution is 2.25. The predicted molar refractivity (Wildman–Crippen MR) is 103 cm³/mol. The van der Waals surface area contributed by atoms with Crippen LogP contribution in [0.3, 0.4) is 0 Å². The minimum absolute atomic E-state index is 0.00458. The number of hydrogen-bond donors (Lipinski definition) is 1. The second-order valence-corrected chi connectivity index (χ2v) is 6.50. The van der Waals surface area contributed by atoms with Crippen molar-refractivity contribution in [1.82, 2.24) is 14.8 Å². The number of hydrogen-bond acceptors (Lipinski definition) is 5. The molecule has 138 valence electrons. The number of likely N-dealkylation sites (N-methyl/N-ethyl adjacent to an activating group) is 1. The van der Waals surface area contributed by atoms with E-state index in [9.17, 15) is 19.7 Å². The number of nitrogens with zero attached hydrogens (tertiary/aromatic N) is 3. The van der Waals surface area contributed by atoms with Crippen LogP contribution in [0.15, 0.2) is 35.9 Å². The van der Waals surface area contributed by atoms with Crippen molar-refractivity contribution in [1.29, 1.82) is 0 Å². The molecule has 0 radical (unpaired) electrons. The van der Waals surface area contributed by atoms with Gasteiger partial charge in [-0.25, -0.2) is 0 Å². The van der Waals surface area contributed by atoms with E-state index in [1.807, 2.05) is 24.5 Å². The van der Waals surface area contributed by atoms with Gasteiger partial charge < -0.3 is 4.57 Å². The summed E-state index contributed by atoms with van der Waals surface area (Å²) in [6, 6.07) is 8.01. The third-order valence-corrected chi connectivity index (χ3v) is 4.77. The van der Waals surface area contributed by atoms with Crippen molar-refractivity contribution in [2.24, 2.45) is 0 Å². The number of nitrogens with one attached hydrogen (secondary N) is 1. The fraction of sp³-hybridized carbons (Fsp3) is 0.167. The molecule has 27 heavy (non-hydrogen) atoms. The fourth-order valence-electron chi connectivity index (χ4n) is 2.96. The Bertz CT molecular complexity index is 1020. The normalized spacial score (nSPS) is 16.0. The highest BCUT2D eigenvalue weighted by Gasteiger charge is 2.31. The first-order valence-electron chi connectivity index (χ1n) is 7.99. The van der Waals surface area contributed by atoms with Gasteiger partial charge in [0.1, 0.15) is 5.57 Å². The fourth-order valence-corrected chi connectivity index (χ4v) is 3.13. The monoisotopic (exact) mass is 384 g/mol. The Morgan fingerprint density at radius 2 is 1.81 bits per heavy atom. The lowest BCUT2D eigenvalue weighted by molar-refractivity contribution is -0.384. The van der Waals surface area contributed by atoms with Gasteiger partial charge in [-0.2, -0.15) is 0 Å². The van der Waals surface area contributed by atoms with Crippen molar-refractivity contribution < 1.29 is 14.5 Å². The molecule has 1 N–H and O–H groups in total. The smallest absolute Gasteiger partial charge is 0.269 e. The number of nitro groups is 1. The van der Waals surface area contributed by atoms with Crippen LogP contribution in [-0.4, -0.2) is 38.4 Å². The van der Waals surface area contributed by atoms with Crippen LogP contribution in [0.2, 0.25) is 0 Å². The van der Waals surface area contributed by atoms with E-state index in [0.717, 1.165) is 17.1 Å². The van der Waals surface area contributed by atoms with Gasteiger partial charge in [0.05, 0.1) is 4.92 Å². The molecule has 9 heteroatoms. The van der Waals surface area contributed by atoms with Crippen molar-refractivity contribution in [2.45, 2.75) is 13.8 Å². The summed E-state index contributed by atoms with van der Waals surface area (Å²) in [6.07, 6.45) is 1.53. The molecule has 0 aliphatic carbocycles. The maximum Gasteiger partial charge on any atom is 0.269 e. The van der Waals surface area contributed by atoms with Gasteiger partial charge in [-0.1, -0.05) is 0 Å². The van der Waals surface area contributed by atoms with Crippen LogP contribution in [0.25, 0.3) is 11.8 Å². The molecular weight excluding hydrogens is 368 g/mol. The number of benzene rings is 1. The number of thiocarbonyl (C=S) groups is 1. The molecule has 1 aliphatic rings. The first kappa shape index (κ1) is 18.5. The first-order valence-corrected chi connectivity index (χ1v) is 8.40. The summed E-state index contributed by atoms with van der Waals surface area (Å²) in [5, 5.41) is 13.4. The minimum atomic E-state index is -0.539. The van der Waals surface area contributed by atoms with E-state index >= 15 is 0 Å². The minimum Gasteiger partial charge on any atom is -0.318 e. The Hall–Kier alpha value is -3.33. The van der Waals surface area contributed by atoms with Crippen LogP contribution in [-0.2, 0) is 9.59 Å². The maximum absolute atomic E-state index is 12.4. The Kier molecular flexibility index (Phi) is 4.63. The molecule has 1 fully saturated rings. The third kappa shape index (κ3) is 3.24. The average Bonchev–Trinajstić information content (AvgIpc) is 2.90. The van der Waals surface area contributed by atoms with E-state index in [1.54, 1.807) is 12.1 Å². The van der Waals surface area contributed by atoms with Crippen LogP contribution in [0, 0.1) is 24.0 Å². The SMILES string of the molecule is Cc1cc(/C=C2\C(=O)NC(=S)N(C)C2=O)c(C)n1-c1ccc([N+](=O)[O-])cc1. The molecule has 0 spiro atoms. The Balaban J connectivity index is 2.03. The van der Waals surface area contributed by atoms with Crippen molar-refractivity contribution >= 4 is 40.9 Å². The molecule has 8 nitrogen and oxygen atoms in total. The molecule has 0 bridgehead atoms. The van der Waals surface area contributed by atoms with E-state index in [0.29, 0.717) is 5.56 Å². The number of carbonyl (C=O) groups excluding carboxylic acids is 2. The summed E-state index contributed by atoms with van der Waals surface area (Å²) in [5.41, 5.74) is 3.11. The van der Waals surface area contributed by atoms with Gasteiger partial charge in [0.2, 0.25) is 0 Å². The number of non-ortho nitro benzene ring substituents is 1. The Labute approximate surface area is 160 Å². The molecule has 0 atom stereocenters. The predicted octanol–water partition coefficient (Wildman–Crippen LogP) is 2.26. The molecule has 1 aromatic carbocycles.